The maximum Gasteiger partial charge on any atom is 0.261 e. The lowest BCUT2D eigenvalue weighted by Crippen LogP contribution is -2.73. The molecule has 4 aromatic carbocycles. The average Bonchev–Trinajstić information content (AvgIpc) is 3.21. The molecule has 0 saturated heterocycles. The molecule has 1 heterocycles. The third-order valence-electron chi connectivity index (χ3n) is 7.67. The van der Waals surface area contributed by atoms with Gasteiger partial charge in [0.1, 0.15) is 8.07 Å². The first-order chi connectivity index (χ1) is 18.4. The molecule has 0 fully saturated rings. The van der Waals surface area contributed by atoms with E-state index in [4.69, 9.17) is 5.73 Å². The number of rotatable bonds is 9. The molecule has 0 unspecified atom stereocenters. The molecule has 0 radical (unpaired) electrons. The summed E-state index contributed by atoms with van der Waals surface area (Å²) in [6.45, 7) is 1.85. The van der Waals surface area contributed by atoms with E-state index in [1.54, 1.807) is 24.3 Å². The van der Waals surface area contributed by atoms with Gasteiger partial charge in [-0.05, 0) is 30.2 Å². The molecular weight excluding hydrogens is 488 g/mol. The molecule has 3 amide bonds. The van der Waals surface area contributed by atoms with Crippen LogP contribution in [-0.4, -0.2) is 36.4 Å². The molecule has 5 rings (SSSR count). The molecule has 0 saturated carbocycles. The van der Waals surface area contributed by atoms with Crippen molar-refractivity contribution in [1.82, 2.24) is 4.90 Å². The molecule has 1 aliphatic heterocycles. The van der Waals surface area contributed by atoms with Crippen LogP contribution in [0.4, 0.5) is 0 Å². The Kier molecular flexibility index (Phi) is 7.07. The van der Waals surface area contributed by atoms with Gasteiger partial charge in [0.25, 0.3) is 11.8 Å². The molecule has 190 valence electrons. The highest BCUT2D eigenvalue weighted by atomic mass is 28.3. The Labute approximate surface area is 223 Å². The molecular formula is C32H30N2O3Si. The number of benzene rings is 4. The second-order valence-electron chi connectivity index (χ2n) is 9.94. The van der Waals surface area contributed by atoms with E-state index in [9.17, 15) is 14.4 Å². The molecule has 0 spiro atoms. The zero-order valence-electron chi connectivity index (χ0n) is 21.3. The van der Waals surface area contributed by atoms with Gasteiger partial charge in [-0.2, -0.15) is 0 Å². The van der Waals surface area contributed by atoms with Gasteiger partial charge in [-0.15, -0.1) is 0 Å². The minimum absolute atomic E-state index is 0.290. The lowest BCUT2D eigenvalue weighted by molar-refractivity contribution is -0.120. The fourth-order valence-corrected chi connectivity index (χ4v) is 11.6. The van der Waals surface area contributed by atoms with Gasteiger partial charge in [0.2, 0.25) is 5.91 Å². The van der Waals surface area contributed by atoms with E-state index < -0.39 is 25.6 Å². The molecule has 2 atom stereocenters. The van der Waals surface area contributed by atoms with Gasteiger partial charge in [0, 0.05) is 11.6 Å². The van der Waals surface area contributed by atoms with Crippen LogP contribution in [0.15, 0.2) is 115 Å². The van der Waals surface area contributed by atoms with Crippen molar-refractivity contribution in [1.29, 1.82) is 0 Å². The van der Waals surface area contributed by atoms with Crippen LogP contribution < -0.4 is 16.1 Å². The first kappa shape index (κ1) is 25.4. The largest absolute Gasteiger partial charge is 0.369 e. The second-order valence-corrected chi connectivity index (χ2v) is 14.1. The van der Waals surface area contributed by atoms with E-state index in [2.05, 4.69) is 24.3 Å². The van der Waals surface area contributed by atoms with Crippen molar-refractivity contribution in [2.75, 3.05) is 0 Å². The van der Waals surface area contributed by atoms with E-state index in [0.29, 0.717) is 23.6 Å². The topological polar surface area (TPSA) is 80.5 Å². The molecule has 38 heavy (non-hydrogen) atoms. The zero-order chi connectivity index (χ0) is 26.7. The fraction of sp³-hybridized carbons (Fsp3) is 0.156. The highest BCUT2D eigenvalue weighted by Gasteiger charge is 2.53. The molecule has 0 aromatic heterocycles. The summed E-state index contributed by atoms with van der Waals surface area (Å²) < 4.78 is 0. The lowest BCUT2D eigenvalue weighted by Gasteiger charge is -2.44. The smallest absolute Gasteiger partial charge is 0.261 e. The normalized spacial score (nSPS) is 14.7. The minimum Gasteiger partial charge on any atom is -0.369 e. The van der Waals surface area contributed by atoms with Gasteiger partial charge in [-0.3, -0.25) is 19.3 Å². The van der Waals surface area contributed by atoms with E-state index in [1.807, 2.05) is 73.7 Å². The van der Waals surface area contributed by atoms with Crippen LogP contribution in [0, 0.1) is 5.92 Å². The fourth-order valence-electron chi connectivity index (χ4n) is 5.79. The summed E-state index contributed by atoms with van der Waals surface area (Å²) in [5.74, 6) is -1.44. The standard InChI is InChI=1S/C32H30N2O3Si/c1-23(30(33)35)22-38(25-15-7-3-8-16-25,26-17-9-4-10-18-26)29(21-24-13-5-2-6-14-24)34-31(36)27-19-11-12-20-28(27)32(34)37/h2-20,23,29H,21-22H2,1H3,(H2,33,35)/t23-,29-/m1/s1. The number of carbonyl (C=O) groups excluding carboxylic acids is 3. The summed E-state index contributed by atoms with van der Waals surface area (Å²) in [6, 6.07) is 37.5. The van der Waals surface area contributed by atoms with Crippen molar-refractivity contribution in [3.8, 4) is 0 Å². The van der Waals surface area contributed by atoms with Crippen LogP contribution in [0.1, 0.15) is 33.2 Å². The van der Waals surface area contributed by atoms with E-state index in [1.165, 1.54) is 4.90 Å². The number of nitrogens with two attached hydrogens (primary N) is 1. The summed E-state index contributed by atoms with van der Waals surface area (Å²) in [7, 11) is -3.09. The predicted octanol–water partition coefficient (Wildman–Crippen LogP) is 3.82. The van der Waals surface area contributed by atoms with Crippen molar-refractivity contribution in [3.63, 3.8) is 0 Å². The lowest BCUT2D eigenvalue weighted by atomic mass is 10.1. The van der Waals surface area contributed by atoms with Crippen LogP contribution in [0.2, 0.25) is 6.04 Å². The summed E-state index contributed by atoms with van der Waals surface area (Å²) in [6.07, 6.45) is 0.466. The quantitative estimate of drug-likeness (QED) is 0.270. The molecule has 0 aliphatic carbocycles. The second kappa shape index (κ2) is 10.6. The van der Waals surface area contributed by atoms with E-state index in [0.717, 1.165) is 15.9 Å². The average molecular weight is 519 g/mol. The van der Waals surface area contributed by atoms with Crippen molar-refractivity contribution in [2.45, 2.75) is 25.1 Å². The van der Waals surface area contributed by atoms with Crippen LogP contribution in [0.25, 0.3) is 0 Å². The zero-order valence-corrected chi connectivity index (χ0v) is 22.3. The minimum atomic E-state index is -3.09. The van der Waals surface area contributed by atoms with E-state index >= 15 is 0 Å². The first-order valence-electron chi connectivity index (χ1n) is 12.8. The number of nitrogens with zero attached hydrogens (tertiary/aromatic N) is 1. The SMILES string of the molecule is C[C@H](C[Si](c1ccccc1)(c1ccccc1)[C@H](Cc1ccccc1)N1C(=O)c2ccccc2C1=O)C(N)=O. The van der Waals surface area contributed by atoms with Crippen LogP contribution in [0.3, 0.4) is 0 Å². The molecule has 1 aliphatic rings. The van der Waals surface area contributed by atoms with Crippen molar-refractivity contribution < 1.29 is 14.4 Å². The Morgan fingerprint density at radius 2 is 1.13 bits per heavy atom. The molecule has 2 N–H and O–H groups in total. The van der Waals surface area contributed by atoms with E-state index in [-0.39, 0.29) is 11.8 Å². The summed E-state index contributed by atoms with van der Waals surface area (Å²) in [5.41, 5.74) is 7.22. The monoisotopic (exact) mass is 518 g/mol. The van der Waals surface area contributed by atoms with Gasteiger partial charge >= 0.3 is 0 Å². The maximum atomic E-state index is 14.0. The van der Waals surface area contributed by atoms with Crippen molar-refractivity contribution in [3.05, 3.63) is 132 Å². The Balaban J connectivity index is 1.81. The third kappa shape index (κ3) is 4.48. The van der Waals surface area contributed by atoms with Crippen LogP contribution >= 0.6 is 0 Å². The number of imide groups is 1. The molecule has 0 bridgehead atoms. The molecule has 4 aromatic rings. The highest BCUT2D eigenvalue weighted by Crippen LogP contribution is 2.33. The van der Waals surface area contributed by atoms with Crippen LogP contribution in [-0.2, 0) is 11.2 Å². The van der Waals surface area contributed by atoms with Gasteiger partial charge < -0.3 is 5.73 Å². The van der Waals surface area contributed by atoms with Crippen molar-refractivity contribution >= 4 is 36.2 Å². The summed E-state index contributed by atoms with van der Waals surface area (Å²) in [4.78, 5) is 42.0. The Morgan fingerprint density at radius 1 is 0.711 bits per heavy atom. The number of carbonyl (C=O) groups is 3. The Morgan fingerprint density at radius 3 is 1.58 bits per heavy atom. The molecule has 5 nitrogen and oxygen atoms in total. The number of fused-ring (bicyclic) bond motifs is 1. The van der Waals surface area contributed by atoms with Crippen molar-refractivity contribution in [2.24, 2.45) is 11.7 Å². The number of hydrogen-bond donors (Lipinski definition) is 1. The van der Waals surface area contributed by atoms with Crippen LogP contribution in [0.5, 0.6) is 0 Å². The molecule has 6 heteroatoms. The number of amides is 3. The third-order valence-corrected chi connectivity index (χ3v) is 13.3. The first-order valence-corrected chi connectivity index (χ1v) is 15.1. The van der Waals surface area contributed by atoms with Gasteiger partial charge in [0.05, 0.1) is 11.1 Å². The Bertz CT molecular complexity index is 1380. The maximum absolute atomic E-state index is 14.0. The number of primary amides is 1. The van der Waals surface area contributed by atoms with Gasteiger partial charge in [0.15, 0.2) is 0 Å². The predicted molar refractivity (Wildman–Crippen MR) is 152 cm³/mol. The highest BCUT2D eigenvalue weighted by molar-refractivity contribution is 7.03. The number of hydrogen-bond acceptors (Lipinski definition) is 3. The summed E-state index contributed by atoms with van der Waals surface area (Å²) >= 11 is 0. The Hall–Kier alpha value is -4.29. The van der Waals surface area contributed by atoms with Gasteiger partial charge in [-0.25, -0.2) is 0 Å². The van der Waals surface area contributed by atoms with Gasteiger partial charge in [-0.1, -0.05) is 120 Å². The summed E-state index contributed by atoms with van der Waals surface area (Å²) in [5, 5.41) is 2.11.